The number of hydrogen-bond donors (Lipinski definition) is 1. The van der Waals surface area contributed by atoms with Crippen molar-refractivity contribution in [2.24, 2.45) is 0 Å². The van der Waals surface area contributed by atoms with Crippen molar-refractivity contribution >= 4 is 17.7 Å². The van der Waals surface area contributed by atoms with Gasteiger partial charge in [-0.15, -0.1) is 0 Å². The highest BCUT2D eigenvalue weighted by Crippen LogP contribution is 2.20. The molecular weight excluding hydrogens is 308 g/mol. The van der Waals surface area contributed by atoms with Gasteiger partial charge in [-0.2, -0.15) is 8.78 Å². The van der Waals surface area contributed by atoms with Crippen molar-refractivity contribution in [2.45, 2.75) is 76.7 Å². The molecule has 0 aromatic rings. The molecule has 1 N–H and O–H groups in total. The third-order valence-electron chi connectivity index (χ3n) is 3.88. The third kappa shape index (κ3) is 6.23. The largest absolute Gasteiger partial charge is 0.464 e. The molecule has 1 saturated heterocycles. The van der Waals surface area contributed by atoms with Crippen LogP contribution >= 0.6 is 0 Å². The van der Waals surface area contributed by atoms with Crippen LogP contribution in [-0.2, 0) is 19.1 Å². The monoisotopic (exact) mass is 333 g/mol. The molecule has 23 heavy (non-hydrogen) atoms. The van der Waals surface area contributed by atoms with Gasteiger partial charge in [-0.25, -0.2) is 4.79 Å². The fourth-order valence-electron chi connectivity index (χ4n) is 2.40. The van der Waals surface area contributed by atoms with Crippen LogP contribution in [0.1, 0.15) is 64.7 Å². The number of halogens is 2. The molecule has 5 nitrogen and oxygen atoms in total. The van der Waals surface area contributed by atoms with Crippen molar-refractivity contribution < 1.29 is 27.9 Å². The normalized spacial score (nSPS) is 17.9. The molecule has 132 valence electrons. The average Bonchev–Trinajstić information content (AvgIpc) is 2.91. The predicted octanol–water partition coefficient (Wildman–Crippen LogP) is 2.76. The molecule has 0 aliphatic carbocycles. The first-order valence-electron chi connectivity index (χ1n) is 8.28. The van der Waals surface area contributed by atoms with E-state index in [0.29, 0.717) is 12.8 Å². The van der Waals surface area contributed by atoms with Crippen molar-refractivity contribution in [1.29, 1.82) is 0 Å². The summed E-state index contributed by atoms with van der Waals surface area (Å²) in [5.41, 5.74) is 0. The highest BCUT2D eigenvalue weighted by Gasteiger charge is 2.47. The lowest BCUT2D eigenvalue weighted by molar-refractivity contribution is -0.160. The number of cyclic esters (lactones) is 1. The van der Waals surface area contributed by atoms with Gasteiger partial charge < -0.3 is 10.1 Å². The van der Waals surface area contributed by atoms with Crippen LogP contribution in [0.3, 0.4) is 0 Å². The number of alkyl halides is 2. The average molecular weight is 333 g/mol. The van der Waals surface area contributed by atoms with Gasteiger partial charge in [0.25, 0.3) is 5.91 Å². The number of unbranched alkanes of at least 4 members (excludes halogenated alkanes) is 6. The summed E-state index contributed by atoms with van der Waals surface area (Å²) < 4.78 is 32.1. The van der Waals surface area contributed by atoms with Gasteiger partial charge in [0.2, 0.25) is 5.78 Å². The van der Waals surface area contributed by atoms with Crippen LogP contribution in [0.25, 0.3) is 0 Å². The molecule has 1 heterocycles. The van der Waals surface area contributed by atoms with Crippen LogP contribution < -0.4 is 5.32 Å². The number of rotatable bonds is 11. The Balaban J connectivity index is 2.29. The Morgan fingerprint density at radius 1 is 1.17 bits per heavy atom. The number of nitrogens with one attached hydrogen (secondary N) is 1. The molecule has 7 heteroatoms. The molecule has 1 amide bonds. The summed E-state index contributed by atoms with van der Waals surface area (Å²) in [5, 5.41) is 1.89. The lowest BCUT2D eigenvalue weighted by atomic mass is 10.0. The van der Waals surface area contributed by atoms with Crippen molar-refractivity contribution in [1.82, 2.24) is 5.32 Å². The van der Waals surface area contributed by atoms with Crippen molar-refractivity contribution in [3.63, 3.8) is 0 Å². The lowest BCUT2D eigenvalue weighted by Gasteiger charge is -2.16. The molecule has 1 fully saturated rings. The first-order valence-corrected chi connectivity index (χ1v) is 8.28. The molecule has 0 aromatic carbocycles. The van der Waals surface area contributed by atoms with E-state index in [1.54, 1.807) is 0 Å². The van der Waals surface area contributed by atoms with Crippen LogP contribution in [0.4, 0.5) is 8.78 Å². The van der Waals surface area contributed by atoms with E-state index in [1.165, 1.54) is 0 Å². The Morgan fingerprint density at radius 3 is 2.35 bits per heavy atom. The van der Waals surface area contributed by atoms with E-state index in [9.17, 15) is 23.2 Å². The van der Waals surface area contributed by atoms with E-state index in [-0.39, 0.29) is 19.4 Å². The van der Waals surface area contributed by atoms with E-state index in [2.05, 4.69) is 11.7 Å². The Hall–Kier alpha value is -1.53. The summed E-state index contributed by atoms with van der Waals surface area (Å²) in [4.78, 5) is 34.3. The zero-order valence-electron chi connectivity index (χ0n) is 13.5. The molecule has 1 aliphatic heterocycles. The number of esters is 1. The smallest absolute Gasteiger partial charge is 0.381 e. The summed E-state index contributed by atoms with van der Waals surface area (Å²) >= 11 is 0. The van der Waals surface area contributed by atoms with Gasteiger partial charge in [-0.05, 0) is 6.42 Å². The Bertz CT molecular complexity index is 426. The Kier molecular flexibility index (Phi) is 8.12. The number of carbonyl (C=O) groups excluding carboxylic acids is 3. The molecule has 1 rings (SSSR count). The van der Waals surface area contributed by atoms with Crippen molar-refractivity contribution in [2.75, 3.05) is 6.61 Å². The quantitative estimate of drug-likeness (QED) is 0.358. The van der Waals surface area contributed by atoms with E-state index >= 15 is 0 Å². The molecule has 0 bridgehead atoms. The van der Waals surface area contributed by atoms with E-state index < -0.39 is 29.6 Å². The van der Waals surface area contributed by atoms with Gasteiger partial charge in [0.1, 0.15) is 6.04 Å². The summed E-state index contributed by atoms with van der Waals surface area (Å²) in [5.74, 6) is -7.94. The fraction of sp³-hybridized carbons (Fsp3) is 0.812. The van der Waals surface area contributed by atoms with Gasteiger partial charge in [-0.1, -0.05) is 45.4 Å². The van der Waals surface area contributed by atoms with Crippen LogP contribution in [0.2, 0.25) is 0 Å². The maximum atomic E-state index is 13.8. The van der Waals surface area contributed by atoms with E-state index in [0.717, 1.165) is 32.1 Å². The summed E-state index contributed by atoms with van der Waals surface area (Å²) in [7, 11) is 0. The van der Waals surface area contributed by atoms with Gasteiger partial charge in [0, 0.05) is 12.8 Å². The van der Waals surface area contributed by atoms with Crippen LogP contribution in [0.15, 0.2) is 0 Å². The standard InChI is InChI=1S/C16H25F2NO4/c1-2-3-4-5-6-7-8-9-13(20)16(17,18)15(22)19-12-10-11-23-14(12)21/h12H,2-11H2,1H3,(H,19,22). The van der Waals surface area contributed by atoms with Crippen molar-refractivity contribution in [3.8, 4) is 0 Å². The fourth-order valence-corrected chi connectivity index (χ4v) is 2.40. The number of amides is 1. The van der Waals surface area contributed by atoms with Gasteiger partial charge in [-0.3, -0.25) is 9.59 Å². The molecule has 0 saturated carbocycles. The maximum Gasteiger partial charge on any atom is 0.381 e. The lowest BCUT2D eigenvalue weighted by Crippen LogP contribution is -2.50. The second-order valence-electron chi connectivity index (χ2n) is 5.85. The number of ketones is 1. The summed E-state index contributed by atoms with van der Waals surface area (Å²) in [6.07, 6.45) is 6.19. The number of ether oxygens (including phenoxy) is 1. The molecule has 0 spiro atoms. The highest BCUT2D eigenvalue weighted by molar-refractivity contribution is 6.08. The Labute approximate surface area is 135 Å². The van der Waals surface area contributed by atoms with Gasteiger partial charge >= 0.3 is 11.9 Å². The molecular formula is C16H25F2NO4. The van der Waals surface area contributed by atoms with Crippen LogP contribution in [-0.4, -0.2) is 36.2 Å². The highest BCUT2D eigenvalue weighted by atomic mass is 19.3. The second kappa shape index (κ2) is 9.57. The molecule has 1 atom stereocenters. The molecule has 0 aromatic heterocycles. The molecule has 1 unspecified atom stereocenters. The SMILES string of the molecule is CCCCCCCCCC(=O)C(F)(F)C(=O)NC1CCOC1=O. The maximum absolute atomic E-state index is 13.8. The molecule has 1 aliphatic rings. The van der Waals surface area contributed by atoms with Crippen LogP contribution in [0, 0.1) is 0 Å². The summed E-state index contributed by atoms with van der Waals surface area (Å²) in [6.45, 7) is 2.19. The number of hydrogen-bond acceptors (Lipinski definition) is 4. The van der Waals surface area contributed by atoms with Crippen molar-refractivity contribution in [3.05, 3.63) is 0 Å². The zero-order valence-corrected chi connectivity index (χ0v) is 13.5. The minimum atomic E-state index is -4.09. The van der Waals surface area contributed by atoms with E-state index in [4.69, 9.17) is 0 Å². The zero-order chi connectivity index (χ0) is 17.3. The minimum absolute atomic E-state index is 0.0847. The first-order chi connectivity index (χ1) is 10.9. The first kappa shape index (κ1) is 19.5. The minimum Gasteiger partial charge on any atom is -0.464 e. The van der Waals surface area contributed by atoms with Gasteiger partial charge in [0.05, 0.1) is 6.61 Å². The third-order valence-corrected chi connectivity index (χ3v) is 3.88. The Morgan fingerprint density at radius 2 is 1.78 bits per heavy atom. The number of carbonyl (C=O) groups is 3. The second-order valence-corrected chi connectivity index (χ2v) is 5.85. The van der Waals surface area contributed by atoms with Gasteiger partial charge in [0.15, 0.2) is 0 Å². The van der Waals surface area contributed by atoms with E-state index in [1.807, 2.05) is 5.32 Å². The topological polar surface area (TPSA) is 72.5 Å². The van der Waals surface area contributed by atoms with Crippen LogP contribution in [0.5, 0.6) is 0 Å². The molecule has 0 radical (unpaired) electrons. The number of Topliss-reactive ketones (excluding diaryl/α,β-unsaturated/α-hetero) is 1. The predicted molar refractivity (Wildman–Crippen MR) is 80.1 cm³/mol. The summed E-state index contributed by atoms with van der Waals surface area (Å²) in [6, 6.07) is -1.08.